The van der Waals surface area contributed by atoms with Crippen LogP contribution >= 0.6 is 11.6 Å². The molecule has 112 valence electrons. The van der Waals surface area contributed by atoms with Crippen molar-refractivity contribution in [3.63, 3.8) is 0 Å². The summed E-state index contributed by atoms with van der Waals surface area (Å²) in [5.41, 5.74) is 8.19. The van der Waals surface area contributed by atoms with E-state index >= 15 is 0 Å². The molecule has 0 spiro atoms. The van der Waals surface area contributed by atoms with Gasteiger partial charge < -0.3 is 10.6 Å². The first-order valence-electron chi connectivity index (χ1n) is 7.63. The molecule has 0 aliphatic carbocycles. The molecule has 1 aromatic rings. The molecule has 1 aliphatic rings. The third-order valence-electron chi connectivity index (χ3n) is 4.36. The number of nitrogens with zero attached hydrogens (tertiary/aromatic N) is 2. The fourth-order valence-electron chi connectivity index (χ4n) is 2.90. The van der Waals surface area contributed by atoms with E-state index < -0.39 is 0 Å². The zero-order chi connectivity index (χ0) is 14.5. The lowest BCUT2D eigenvalue weighted by molar-refractivity contribution is 0.192. The molecule has 2 rings (SSSR count). The molecule has 0 aromatic heterocycles. The lowest BCUT2D eigenvalue weighted by Gasteiger charge is -2.39. The van der Waals surface area contributed by atoms with Crippen LogP contribution in [0.3, 0.4) is 0 Å². The van der Waals surface area contributed by atoms with E-state index in [9.17, 15) is 0 Å². The van der Waals surface area contributed by atoms with Gasteiger partial charge in [-0.05, 0) is 44.0 Å². The smallest absolute Gasteiger partial charge is 0.0459 e. The molecule has 4 heteroatoms. The van der Waals surface area contributed by atoms with Crippen LogP contribution in [-0.4, -0.2) is 43.7 Å². The predicted octanol–water partition coefficient (Wildman–Crippen LogP) is 2.76. The van der Waals surface area contributed by atoms with Crippen LogP contribution in [0.1, 0.15) is 25.8 Å². The molecule has 3 nitrogen and oxygen atoms in total. The van der Waals surface area contributed by atoms with E-state index in [0.717, 1.165) is 37.6 Å². The van der Waals surface area contributed by atoms with Crippen LogP contribution in [0.25, 0.3) is 0 Å². The lowest BCUT2D eigenvalue weighted by atomic mass is 10.1. The van der Waals surface area contributed by atoms with Gasteiger partial charge in [0.15, 0.2) is 0 Å². The molecule has 0 amide bonds. The molecule has 0 bridgehead atoms. The maximum Gasteiger partial charge on any atom is 0.0459 e. The Hall–Kier alpha value is -0.770. The molecule has 1 unspecified atom stereocenters. The molecule has 20 heavy (non-hydrogen) atoms. The number of nitrogens with two attached hydrogens (primary N) is 1. The molecule has 1 heterocycles. The number of anilines is 1. The summed E-state index contributed by atoms with van der Waals surface area (Å²) in [5, 5.41) is 0.845. The summed E-state index contributed by atoms with van der Waals surface area (Å²) in [5.74, 6) is 0. The Balaban J connectivity index is 2.09. The summed E-state index contributed by atoms with van der Waals surface area (Å²) in [6.07, 6.45) is 2.07. The predicted molar refractivity (Wildman–Crippen MR) is 87.7 cm³/mol. The van der Waals surface area contributed by atoms with Gasteiger partial charge in [-0.2, -0.15) is 0 Å². The van der Waals surface area contributed by atoms with E-state index in [0.29, 0.717) is 12.6 Å². The Labute approximate surface area is 127 Å². The second-order valence-electron chi connectivity index (χ2n) is 5.56. The van der Waals surface area contributed by atoms with E-state index in [-0.39, 0.29) is 0 Å². The third-order valence-corrected chi connectivity index (χ3v) is 4.71. The lowest BCUT2D eigenvalue weighted by Crippen LogP contribution is -2.49. The highest BCUT2D eigenvalue weighted by molar-refractivity contribution is 6.31. The molecule has 1 aromatic carbocycles. The number of hydrogen-bond donors (Lipinski definition) is 1. The molecule has 0 saturated carbocycles. The molecule has 0 radical (unpaired) electrons. The van der Waals surface area contributed by atoms with E-state index in [1.807, 2.05) is 12.1 Å². The summed E-state index contributed by atoms with van der Waals surface area (Å²) in [7, 11) is 0. The number of hydrogen-bond acceptors (Lipinski definition) is 3. The Morgan fingerprint density at radius 2 is 1.95 bits per heavy atom. The average molecular weight is 296 g/mol. The van der Waals surface area contributed by atoms with Gasteiger partial charge in [-0.3, -0.25) is 4.90 Å². The Bertz CT molecular complexity index is 428. The van der Waals surface area contributed by atoms with Gasteiger partial charge in [-0.15, -0.1) is 0 Å². The van der Waals surface area contributed by atoms with Gasteiger partial charge in [0.1, 0.15) is 0 Å². The van der Waals surface area contributed by atoms with Crippen molar-refractivity contribution in [2.75, 3.05) is 37.6 Å². The van der Waals surface area contributed by atoms with E-state index in [1.54, 1.807) is 0 Å². The summed E-state index contributed by atoms with van der Waals surface area (Å²) >= 11 is 6.34. The van der Waals surface area contributed by atoms with Crippen LogP contribution < -0.4 is 10.6 Å². The van der Waals surface area contributed by atoms with Crippen LogP contribution in [0.4, 0.5) is 5.69 Å². The second-order valence-corrected chi connectivity index (χ2v) is 5.96. The standard InChI is InChI=1S/C16H26ClN3/c1-3-13(2)19-9-11-20(12-10-19)16-6-4-5-15(17)14(16)7-8-18/h4-6,13H,3,7-12,18H2,1-2H3. The van der Waals surface area contributed by atoms with Crippen molar-refractivity contribution in [2.45, 2.75) is 32.7 Å². The SMILES string of the molecule is CCC(C)N1CCN(c2cccc(Cl)c2CCN)CC1. The largest absolute Gasteiger partial charge is 0.369 e. The van der Waals surface area contributed by atoms with Crippen LogP contribution in [0, 0.1) is 0 Å². The number of piperazine rings is 1. The molecule has 1 atom stereocenters. The van der Waals surface area contributed by atoms with Crippen LogP contribution in [0.5, 0.6) is 0 Å². The molecule has 1 fully saturated rings. The fourth-order valence-corrected chi connectivity index (χ4v) is 3.16. The van der Waals surface area contributed by atoms with Gasteiger partial charge in [0.2, 0.25) is 0 Å². The molecular formula is C16H26ClN3. The van der Waals surface area contributed by atoms with Crippen molar-refractivity contribution in [1.82, 2.24) is 4.90 Å². The maximum atomic E-state index is 6.34. The molecular weight excluding hydrogens is 270 g/mol. The Morgan fingerprint density at radius 3 is 2.55 bits per heavy atom. The highest BCUT2D eigenvalue weighted by Gasteiger charge is 2.22. The highest BCUT2D eigenvalue weighted by atomic mass is 35.5. The normalized spacial score (nSPS) is 18.3. The minimum atomic E-state index is 0.642. The summed E-state index contributed by atoms with van der Waals surface area (Å²) in [6, 6.07) is 6.86. The van der Waals surface area contributed by atoms with Gasteiger partial charge in [0.05, 0.1) is 0 Å². The second kappa shape index (κ2) is 7.30. The van der Waals surface area contributed by atoms with E-state index in [2.05, 4.69) is 29.7 Å². The van der Waals surface area contributed by atoms with Gasteiger partial charge in [-0.25, -0.2) is 0 Å². The zero-order valence-corrected chi connectivity index (χ0v) is 13.4. The third kappa shape index (κ3) is 3.46. The Kier molecular flexibility index (Phi) is 5.70. The molecule has 1 aliphatic heterocycles. The Morgan fingerprint density at radius 1 is 1.25 bits per heavy atom. The molecule has 2 N–H and O–H groups in total. The number of benzene rings is 1. The van der Waals surface area contributed by atoms with Crippen molar-refractivity contribution >= 4 is 17.3 Å². The summed E-state index contributed by atoms with van der Waals surface area (Å²) in [6.45, 7) is 9.61. The topological polar surface area (TPSA) is 32.5 Å². The van der Waals surface area contributed by atoms with Gasteiger partial charge >= 0.3 is 0 Å². The first-order valence-corrected chi connectivity index (χ1v) is 8.01. The van der Waals surface area contributed by atoms with E-state index in [1.165, 1.54) is 17.7 Å². The zero-order valence-electron chi connectivity index (χ0n) is 12.6. The summed E-state index contributed by atoms with van der Waals surface area (Å²) < 4.78 is 0. The first kappa shape index (κ1) is 15.6. The maximum absolute atomic E-state index is 6.34. The molecule has 1 saturated heterocycles. The van der Waals surface area contributed by atoms with Crippen LogP contribution in [-0.2, 0) is 6.42 Å². The van der Waals surface area contributed by atoms with Crippen molar-refractivity contribution in [2.24, 2.45) is 5.73 Å². The fraction of sp³-hybridized carbons (Fsp3) is 0.625. The first-order chi connectivity index (χ1) is 9.67. The minimum Gasteiger partial charge on any atom is -0.369 e. The van der Waals surface area contributed by atoms with Gasteiger partial charge in [-0.1, -0.05) is 24.6 Å². The van der Waals surface area contributed by atoms with Crippen molar-refractivity contribution in [3.05, 3.63) is 28.8 Å². The van der Waals surface area contributed by atoms with Crippen molar-refractivity contribution < 1.29 is 0 Å². The van der Waals surface area contributed by atoms with Crippen LogP contribution in [0.2, 0.25) is 5.02 Å². The van der Waals surface area contributed by atoms with E-state index in [4.69, 9.17) is 17.3 Å². The number of halogens is 1. The van der Waals surface area contributed by atoms with Crippen LogP contribution in [0.15, 0.2) is 18.2 Å². The highest BCUT2D eigenvalue weighted by Crippen LogP contribution is 2.29. The van der Waals surface area contributed by atoms with Crippen molar-refractivity contribution in [3.8, 4) is 0 Å². The van der Waals surface area contributed by atoms with Crippen molar-refractivity contribution in [1.29, 1.82) is 0 Å². The average Bonchev–Trinajstić information content (AvgIpc) is 2.49. The minimum absolute atomic E-state index is 0.642. The monoisotopic (exact) mass is 295 g/mol. The number of rotatable bonds is 5. The van der Waals surface area contributed by atoms with Gasteiger partial charge in [0, 0.05) is 42.9 Å². The quantitative estimate of drug-likeness (QED) is 0.907. The van der Waals surface area contributed by atoms with Gasteiger partial charge in [0.25, 0.3) is 0 Å². The summed E-state index contributed by atoms with van der Waals surface area (Å²) in [4.78, 5) is 5.03.